The van der Waals surface area contributed by atoms with Crippen LogP contribution < -0.4 is 5.73 Å². The molecule has 1 unspecified atom stereocenters. The Hall–Kier alpha value is -0.860. The van der Waals surface area contributed by atoms with Crippen LogP contribution in [0, 0.1) is 25.2 Å². The summed E-state index contributed by atoms with van der Waals surface area (Å²) >= 11 is 0. The summed E-state index contributed by atoms with van der Waals surface area (Å²) < 4.78 is 0. The third kappa shape index (κ3) is 3.67. The number of rotatable bonds is 3. The van der Waals surface area contributed by atoms with Gasteiger partial charge < -0.3 is 5.73 Å². The highest BCUT2D eigenvalue weighted by Gasteiger charge is 2.32. The van der Waals surface area contributed by atoms with E-state index in [0.29, 0.717) is 18.0 Å². The second kappa shape index (κ2) is 6.50. The standard InChI is InChI=1S/C19H32N2/c1-14-7-6-8-15(2)18(14)17(13-20)21-11-9-16(10-12-21)19(3,4)5/h6-8,16-17H,9-13,20H2,1-5H3. The fourth-order valence-electron chi connectivity index (χ4n) is 3.88. The lowest BCUT2D eigenvalue weighted by molar-refractivity contribution is 0.0842. The van der Waals surface area contributed by atoms with Crippen molar-refractivity contribution in [1.82, 2.24) is 4.90 Å². The Morgan fingerprint density at radius 3 is 2.10 bits per heavy atom. The summed E-state index contributed by atoms with van der Waals surface area (Å²) in [6, 6.07) is 6.96. The second-order valence-corrected chi connectivity index (χ2v) is 7.73. The molecule has 1 aliphatic rings. The van der Waals surface area contributed by atoms with Gasteiger partial charge in [0.15, 0.2) is 0 Å². The summed E-state index contributed by atoms with van der Waals surface area (Å²) in [6.07, 6.45) is 2.59. The van der Waals surface area contributed by atoms with Crippen molar-refractivity contribution in [3.8, 4) is 0 Å². The van der Waals surface area contributed by atoms with Crippen molar-refractivity contribution in [3.05, 3.63) is 34.9 Å². The van der Waals surface area contributed by atoms with E-state index in [1.54, 1.807) is 0 Å². The number of hydrogen-bond acceptors (Lipinski definition) is 2. The predicted octanol–water partition coefficient (Wildman–Crippen LogP) is 4.06. The molecule has 0 saturated carbocycles. The first kappa shape index (κ1) is 16.5. The lowest BCUT2D eigenvalue weighted by Crippen LogP contribution is -2.42. The van der Waals surface area contributed by atoms with E-state index in [1.807, 2.05) is 0 Å². The molecule has 1 heterocycles. The van der Waals surface area contributed by atoms with Crippen molar-refractivity contribution in [2.24, 2.45) is 17.1 Å². The summed E-state index contributed by atoms with van der Waals surface area (Å²) in [6.45, 7) is 14.6. The van der Waals surface area contributed by atoms with E-state index in [1.165, 1.54) is 42.6 Å². The molecule has 1 aromatic carbocycles. The van der Waals surface area contributed by atoms with Gasteiger partial charge in [-0.05, 0) is 67.8 Å². The minimum atomic E-state index is 0.382. The molecular formula is C19H32N2. The van der Waals surface area contributed by atoms with Gasteiger partial charge in [0, 0.05) is 12.6 Å². The Morgan fingerprint density at radius 2 is 1.67 bits per heavy atom. The molecule has 1 atom stereocenters. The number of benzene rings is 1. The number of nitrogens with two attached hydrogens (primary N) is 1. The van der Waals surface area contributed by atoms with E-state index in [4.69, 9.17) is 5.73 Å². The van der Waals surface area contributed by atoms with Crippen LogP contribution in [0.5, 0.6) is 0 Å². The highest BCUT2D eigenvalue weighted by molar-refractivity contribution is 5.36. The molecule has 1 fully saturated rings. The van der Waals surface area contributed by atoms with Crippen LogP contribution in [0.3, 0.4) is 0 Å². The average Bonchev–Trinajstić information content (AvgIpc) is 2.42. The third-order valence-electron chi connectivity index (χ3n) is 5.29. The van der Waals surface area contributed by atoms with Crippen LogP contribution in [0.25, 0.3) is 0 Å². The van der Waals surface area contributed by atoms with Gasteiger partial charge in [-0.25, -0.2) is 0 Å². The number of likely N-dealkylation sites (tertiary alicyclic amines) is 1. The topological polar surface area (TPSA) is 29.3 Å². The minimum absolute atomic E-state index is 0.382. The second-order valence-electron chi connectivity index (χ2n) is 7.73. The molecular weight excluding hydrogens is 256 g/mol. The Bertz CT molecular complexity index is 445. The lowest BCUT2D eigenvalue weighted by atomic mass is 9.75. The maximum absolute atomic E-state index is 6.15. The van der Waals surface area contributed by atoms with E-state index < -0.39 is 0 Å². The van der Waals surface area contributed by atoms with Crippen molar-refractivity contribution in [3.63, 3.8) is 0 Å². The summed E-state index contributed by atoms with van der Waals surface area (Å²) in [7, 11) is 0. The highest BCUT2D eigenvalue weighted by atomic mass is 15.2. The smallest absolute Gasteiger partial charge is 0.0475 e. The lowest BCUT2D eigenvalue weighted by Gasteiger charge is -2.42. The molecule has 0 radical (unpaired) electrons. The number of hydrogen-bond donors (Lipinski definition) is 1. The van der Waals surface area contributed by atoms with Crippen molar-refractivity contribution in [1.29, 1.82) is 0 Å². The summed E-state index contributed by atoms with van der Waals surface area (Å²) in [5.41, 5.74) is 10.8. The summed E-state index contributed by atoms with van der Waals surface area (Å²) in [5, 5.41) is 0. The first-order chi connectivity index (χ1) is 9.84. The first-order valence-electron chi connectivity index (χ1n) is 8.35. The molecule has 1 saturated heterocycles. The number of nitrogens with zero attached hydrogens (tertiary/aromatic N) is 1. The van der Waals surface area contributed by atoms with Gasteiger partial charge in [-0.15, -0.1) is 0 Å². The zero-order chi connectivity index (χ0) is 15.6. The van der Waals surface area contributed by atoms with E-state index in [0.717, 1.165) is 5.92 Å². The molecule has 1 aliphatic heterocycles. The zero-order valence-electron chi connectivity index (χ0n) is 14.4. The fourth-order valence-corrected chi connectivity index (χ4v) is 3.88. The quantitative estimate of drug-likeness (QED) is 0.908. The molecule has 2 heteroatoms. The number of piperidine rings is 1. The Balaban J connectivity index is 2.14. The Kier molecular flexibility index (Phi) is 5.11. The van der Waals surface area contributed by atoms with Crippen LogP contribution in [0.1, 0.15) is 56.3 Å². The van der Waals surface area contributed by atoms with Crippen LogP contribution in [-0.2, 0) is 0 Å². The van der Waals surface area contributed by atoms with Gasteiger partial charge in [-0.2, -0.15) is 0 Å². The zero-order valence-corrected chi connectivity index (χ0v) is 14.4. The maximum Gasteiger partial charge on any atom is 0.0475 e. The van der Waals surface area contributed by atoms with Gasteiger partial charge in [0.2, 0.25) is 0 Å². The molecule has 2 rings (SSSR count). The average molecular weight is 288 g/mol. The van der Waals surface area contributed by atoms with Crippen molar-refractivity contribution >= 4 is 0 Å². The first-order valence-corrected chi connectivity index (χ1v) is 8.35. The molecule has 2 N–H and O–H groups in total. The van der Waals surface area contributed by atoms with Crippen LogP contribution in [0.15, 0.2) is 18.2 Å². The molecule has 2 nitrogen and oxygen atoms in total. The van der Waals surface area contributed by atoms with E-state index in [-0.39, 0.29) is 0 Å². The molecule has 0 aromatic heterocycles. The van der Waals surface area contributed by atoms with E-state index in [9.17, 15) is 0 Å². The van der Waals surface area contributed by atoms with E-state index in [2.05, 4.69) is 57.7 Å². The Labute approximate surface area is 130 Å². The number of aryl methyl sites for hydroxylation is 2. The maximum atomic E-state index is 6.15. The fraction of sp³-hybridized carbons (Fsp3) is 0.684. The largest absolute Gasteiger partial charge is 0.329 e. The molecule has 118 valence electrons. The monoisotopic (exact) mass is 288 g/mol. The van der Waals surface area contributed by atoms with E-state index >= 15 is 0 Å². The summed E-state index contributed by atoms with van der Waals surface area (Å²) in [4.78, 5) is 2.61. The molecule has 0 aliphatic carbocycles. The van der Waals surface area contributed by atoms with Gasteiger partial charge >= 0.3 is 0 Å². The SMILES string of the molecule is Cc1cccc(C)c1C(CN)N1CCC(C(C)(C)C)CC1. The summed E-state index contributed by atoms with van der Waals surface area (Å²) in [5.74, 6) is 0.838. The van der Waals surface area contributed by atoms with Gasteiger partial charge in [-0.1, -0.05) is 39.0 Å². The van der Waals surface area contributed by atoms with Gasteiger partial charge in [0.25, 0.3) is 0 Å². The molecule has 1 aromatic rings. The van der Waals surface area contributed by atoms with Crippen molar-refractivity contribution < 1.29 is 0 Å². The van der Waals surface area contributed by atoms with Crippen molar-refractivity contribution in [2.45, 2.75) is 53.5 Å². The van der Waals surface area contributed by atoms with Gasteiger partial charge in [0.05, 0.1) is 0 Å². The Morgan fingerprint density at radius 1 is 1.14 bits per heavy atom. The predicted molar refractivity (Wildman–Crippen MR) is 91.5 cm³/mol. The van der Waals surface area contributed by atoms with Gasteiger partial charge in [-0.3, -0.25) is 4.90 Å². The highest BCUT2D eigenvalue weighted by Crippen LogP contribution is 2.37. The van der Waals surface area contributed by atoms with Crippen LogP contribution >= 0.6 is 0 Å². The van der Waals surface area contributed by atoms with Crippen LogP contribution in [-0.4, -0.2) is 24.5 Å². The van der Waals surface area contributed by atoms with Crippen LogP contribution in [0.4, 0.5) is 0 Å². The molecule has 0 amide bonds. The normalized spacial score (nSPS) is 19.7. The molecule has 0 spiro atoms. The third-order valence-corrected chi connectivity index (χ3v) is 5.29. The van der Waals surface area contributed by atoms with Crippen molar-refractivity contribution in [2.75, 3.05) is 19.6 Å². The molecule has 0 bridgehead atoms. The molecule has 21 heavy (non-hydrogen) atoms. The van der Waals surface area contributed by atoms with Crippen LogP contribution in [0.2, 0.25) is 0 Å². The van der Waals surface area contributed by atoms with Gasteiger partial charge in [0.1, 0.15) is 0 Å². The minimum Gasteiger partial charge on any atom is -0.329 e.